The van der Waals surface area contributed by atoms with Crippen molar-refractivity contribution in [3.63, 3.8) is 0 Å². The number of fused-ring (bicyclic) bond motifs is 1. The molecular weight excluding hydrogens is 266 g/mol. The summed E-state index contributed by atoms with van der Waals surface area (Å²) >= 11 is 1.70. The third-order valence-electron chi connectivity index (χ3n) is 3.37. The van der Waals surface area contributed by atoms with Gasteiger partial charge in [0.15, 0.2) is 0 Å². The summed E-state index contributed by atoms with van der Waals surface area (Å²) in [7, 11) is 0. The van der Waals surface area contributed by atoms with Gasteiger partial charge in [-0.1, -0.05) is 24.3 Å². The number of thioether (sulfide) groups is 1. The molecule has 0 amide bonds. The van der Waals surface area contributed by atoms with E-state index in [2.05, 4.69) is 4.98 Å². The van der Waals surface area contributed by atoms with Crippen molar-refractivity contribution in [2.24, 2.45) is 0 Å². The van der Waals surface area contributed by atoms with E-state index in [1.54, 1.807) is 18.0 Å². The van der Waals surface area contributed by atoms with Crippen molar-refractivity contribution in [2.75, 3.05) is 6.26 Å². The molecule has 0 fully saturated rings. The van der Waals surface area contributed by atoms with E-state index in [0.29, 0.717) is 0 Å². The highest BCUT2D eigenvalue weighted by Gasteiger charge is 2.11. The Labute approximate surface area is 122 Å². The monoisotopic (exact) mass is 281 g/mol. The zero-order valence-electron chi connectivity index (χ0n) is 11.2. The third kappa shape index (κ3) is 2.55. The molecule has 20 heavy (non-hydrogen) atoms. The Balaban J connectivity index is 1.96. The van der Waals surface area contributed by atoms with Crippen LogP contribution in [0.15, 0.2) is 65.7 Å². The number of hydrogen-bond acceptors (Lipinski definition) is 3. The zero-order chi connectivity index (χ0) is 13.9. The molecule has 1 unspecified atom stereocenters. The van der Waals surface area contributed by atoms with Crippen LogP contribution in [-0.4, -0.2) is 16.3 Å². The molecule has 1 aromatic heterocycles. The molecule has 1 N–H and O–H groups in total. The first-order chi connectivity index (χ1) is 9.78. The Morgan fingerprint density at radius 3 is 2.50 bits per heavy atom. The van der Waals surface area contributed by atoms with E-state index >= 15 is 0 Å². The number of aliphatic hydroxyl groups excluding tert-OH is 1. The van der Waals surface area contributed by atoms with E-state index in [0.717, 1.165) is 22.0 Å². The minimum Gasteiger partial charge on any atom is -0.384 e. The van der Waals surface area contributed by atoms with Crippen LogP contribution in [0.1, 0.15) is 17.2 Å². The van der Waals surface area contributed by atoms with E-state index in [1.165, 1.54) is 4.90 Å². The first-order valence-electron chi connectivity index (χ1n) is 6.44. The summed E-state index contributed by atoms with van der Waals surface area (Å²) in [6.07, 6.45) is 3.22. The SMILES string of the molecule is CSc1ccc(C(O)c2ccc3ncccc3c2)cc1. The largest absolute Gasteiger partial charge is 0.384 e. The van der Waals surface area contributed by atoms with Crippen molar-refractivity contribution >= 4 is 22.7 Å². The second kappa shape index (κ2) is 5.65. The Kier molecular flexibility index (Phi) is 3.72. The van der Waals surface area contributed by atoms with Crippen molar-refractivity contribution in [1.29, 1.82) is 0 Å². The molecule has 2 aromatic carbocycles. The second-order valence-electron chi connectivity index (χ2n) is 4.63. The van der Waals surface area contributed by atoms with Gasteiger partial charge in [-0.3, -0.25) is 4.98 Å². The van der Waals surface area contributed by atoms with Gasteiger partial charge in [-0.2, -0.15) is 0 Å². The Bertz CT molecular complexity index is 724. The Morgan fingerprint density at radius 2 is 1.75 bits per heavy atom. The number of pyridine rings is 1. The van der Waals surface area contributed by atoms with Gasteiger partial charge in [0.1, 0.15) is 6.10 Å². The van der Waals surface area contributed by atoms with E-state index in [-0.39, 0.29) is 0 Å². The van der Waals surface area contributed by atoms with Crippen LogP contribution in [0.5, 0.6) is 0 Å². The molecule has 0 aliphatic heterocycles. The van der Waals surface area contributed by atoms with Gasteiger partial charge in [0.25, 0.3) is 0 Å². The average Bonchev–Trinajstić information content (AvgIpc) is 2.54. The molecule has 2 nitrogen and oxygen atoms in total. The zero-order valence-corrected chi connectivity index (χ0v) is 12.0. The Morgan fingerprint density at radius 1 is 1.00 bits per heavy atom. The van der Waals surface area contributed by atoms with Crippen LogP contribution in [0.2, 0.25) is 0 Å². The number of aromatic nitrogens is 1. The van der Waals surface area contributed by atoms with Crippen molar-refractivity contribution in [2.45, 2.75) is 11.0 Å². The Hall–Kier alpha value is -1.84. The molecule has 0 bridgehead atoms. The van der Waals surface area contributed by atoms with Crippen molar-refractivity contribution in [1.82, 2.24) is 4.98 Å². The summed E-state index contributed by atoms with van der Waals surface area (Å²) in [6, 6.07) is 17.8. The minimum absolute atomic E-state index is 0.601. The molecule has 1 atom stereocenters. The molecule has 0 radical (unpaired) electrons. The lowest BCUT2D eigenvalue weighted by atomic mass is 10.00. The molecule has 1 heterocycles. The van der Waals surface area contributed by atoms with Crippen LogP contribution in [-0.2, 0) is 0 Å². The van der Waals surface area contributed by atoms with Gasteiger partial charge < -0.3 is 5.11 Å². The lowest BCUT2D eigenvalue weighted by Gasteiger charge is -2.12. The van der Waals surface area contributed by atoms with Gasteiger partial charge in [-0.05, 0) is 47.7 Å². The average molecular weight is 281 g/mol. The van der Waals surface area contributed by atoms with Crippen LogP contribution in [0.25, 0.3) is 10.9 Å². The van der Waals surface area contributed by atoms with Gasteiger partial charge >= 0.3 is 0 Å². The highest BCUT2D eigenvalue weighted by atomic mass is 32.2. The molecule has 3 heteroatoms. The smallest absolute Gasteiger partial charge is 0.104 e. The number of rotatable bonds is 3. The summed E-state index contributed by atoms with van der Waals surface area (Å²) in [5.74, 6) is 0. The van der Waals surface area contributed by atoms with Gasteiger partial charge in [-0.15, -0.1) is 11.8 Å². The maximum atomic E-state index is 10.5. The lowest BCUT2D eigenvalue weighted by molar-refractivity contribution is 0.220. The van der Waals surface area contributed by atoms with Crippen LogP contribution in [0.3, 0.4) is 0 Å². The van der Waals surface area contributed by atoms with Crippen LogP contribution >= 0.6 is 11.8 Å². The predicted molar refractivity (Wildman–Crippen MR) is 84.0 cm³/mol. The normalized spacial score (nSPS) is 12.5. The maximum Gasteiger partial charge on any atom is 0.104 e. The highest BCUT2D eigenvalue weighted by molar-refractivity contribution is 7.98. The number of benzene rings is 2. The van der Waals surface area contributed by atoms with Crippen LogP contribution in [0, 0.1) is 0 Å². The minimum atomic E-state index is -0.601. The van der Waals surface area contributed by atoms with Crippen LogP contribution < -0.4 is 0 Å². The first kappa shape index (κ1) is 13.2. The fourth-order valence-corrected chi connectivity index (χ4v) is 2.65. The maximum absolute atomic E-state index is 10.5. The van der Waals surface area contributed by atoms with Gasteiger partial charge in [-0.25, -0.2) is 0 Å². The highest BCUT2D eigenvalue weighted by Crippen LogP contribution is 2.26. The molecular formula is C17H15NOS. The molecule has 100 valence electrons. The fourth-order valence-electron chi connectivity index (χ4n) is 2.24. The molecule has 3 rings (SSSR count). The predicted octanol–water partition coefficient (Wildman–Crippen LogP) is 4.04. The van der Waals surface area contributed by atoms with Gasteiger partial charge in [0, 0.05) is 16.5 Å². The lowest BCUT2D eigenvalue weighted by Crippen LogP contribution is -1.99. The summed E-state index contributed by atoms with van der Waals surface area (Å²) < 4.78 is 0. The molecule has 0 spiro atoms. The van der Waals surface area contributed by atoms with E-state index < -0.39 is 6.10 Å². The molecule has 0 aliphatic rings. The van der Waals surface area contributed by atoms with E-state index in [1.807, 2.05) is 60.9 Å². The number of hydrogen-bond donors (Lipinski definition) is 1. The summed E-state index contributed by atoms with van der Waals surface area (Å²) in [5.41, 5.74) is 2.75. The van der Waals surface area contributed by atoms with E-state index in [4.69, 9.17) is 0 Å². The topological polar surface area (TPSA) is 33.1 Å². The number of nitrogens with zero attached hydrogens (tertiary/aromatic N) is 1. The van der Waals surface area contributed by atoms with Crippen molar-refractivity contribution < 1.29 is 5.11 Å². The molecule has 0 saturated carbocycles. The van der Waals surface area contributed by atoms with E-state index in [9.17, 15) is 5.11 Å². The summed E-state index contributed by atoms with van der Waals surface area (Å²) in [6.45, 7) is 0. The summed E-state index contributed by atoms with van der Waals surface area (Å²) in [4.78, 5) is 5.49. The second-order valence-corrected chi connectivity index (χ2v) is 5.51. The number of aliphatic hydroxyl groups is 1. The fraction of sp³-hybridized carbons (Fsp3) is 0.118. The quantitative estimate of drug-likeness (QED) is 0.736. The molecule has 3 aromatic rings. The first-order valence-corrected chi connectivity index (χ1v) is 7.67. The van der Waals surface area contributed by atoms with Gasteiger partial charge in [0.05, 0.1) is 5.52 Å². The standard InChI is InChI=1S/C17H15NOS/c1-20-15-7-4-12(5-8-15)17(19)14-6-9-16-13(11-14)3-2-10-18-16/h2-11,17,19H,1H3. The van der Waals surface area contributed by atoms with Gasteiger partial charge in [0.2, 0.25) is 0 Å². The van der Waals surface area contributed by atoms with Crippen molar-refractivity contribution in [3.05, 3.63) is 71.9 Å². The summed E-state index contributed by atoms with van der Waals surface area (Å²) in [5, 5.41) is 11.5. The van der Waals surface area contributed by atoms with Crippen LogP contribution in [0.4, 0.5) is 0 Å². The molecule has 0 aliphatic carbocycles. The molecule has 0 saturated heterocycles. The van der Waals surface area contributed by atoms with Crippen molar-refractivity contribution in [3.8, 4) is 0 Å². The third-order valence-corrected chi connectivity index (χ3v) is 4.12.